The molecule has 0 spiro atoms. The SMILES string of the molecule is Fc1cccc(CCN2CCCC[C@H]2CCN2CCOCC2)c1. The first kappa shape index (κ1) is 16.9. The zero-order valence-corrected chi connectivity index (χ0v) is 14.1. The highest BCUT2D eigenvalue weighted by Gasteiger charge is 2.23. The number of halogens is 1. The zero-order chi connectivity index (χ0) is 15.9. The van der Waals surface area contributed by atoms with Gasteiger partial charge in [0.1, 0.15) is 5.82 Å². The van der Waals surface area contributed by atoms with E-state index in [1.165, 1.54) is 44.8 Å². The van der Waals surface area contributed by atoms with Gasteiger partial charge in [-0.1, -0.05) is 18.6 Å². The first-order chi connectivity index (χ1) is 11.3. The van der Waals surface area contributed by atoms with Gasteiger partial charge in [0.05, 0.1) is 13.2 Å². The van der Waals surface area contributed by atoms with E-state index >= 15 is 0 Å². The van der Waals surface area contributed by atoms with Crippen molar-refractivity contribution in [1.82, 2.24) is 9.80 Å². The third-order valence-corrected chi connectivity index (χ3v) is 5.21. The second kappa shape index (κ2) is 8.76. The summed E-state index contributed by atoms with van der Waals surface area (Å²) in [5.41, 5.74) is 1.11. The van der Waals surface area contributed by atoms with Gasteiger partial charge >= 0.3 is 0 Å². The average Bonchev–Trinajstić information content (AvgIpc) is 2.60. The van der Waals surface area contributed by atoms with E-state index in [0.29, 0.717) is 6.04 Å². The van der Waals surface area contributed by atoms with Crippen molar-refractivity contribution >= 4 is 0 Å². The first-order valence-corrected chi connectivity index (χ1v) is 9.10. The molecule has 4 heteroatoms. The van der Waals surface area contributed by atoms with Crippen LogP contribution in [0.15, 0.2) is 24.3 Å². The summed E-state index contributed by atoms with van der Waals surface area (Å²) in [5.74, 6) is -0.120. The van der Waals surface area contributed by atoms with Crippen molar-refractivity contribution in [2.24, 2.45) is 0 Å². The van der Waals surface area contributed by atoms with Crippen LogP contribution in [0.5, 0.6) is 0 Å². The molecule has 0 saturated carbocycles. The second-order valence-electron chi connectivity index (χ2n) is 6.81. The van der Waals surface area contributed by atoms with Gasteiger partial charge in [0.25, 0.3) is 0 Å². The van der Waals surface area contributed by atoms with Gasteiger partial charge in [-0.15, -0.1) is 0 Å². The molecule has 0 radical (unpaired) electrons. The Kier molecular flexibility index (Phi) is 6.43. The normalized spacial score (nSPS) is 24.0. The van der Waals surface area contributed by atoms with Crippen LogP contribution < -0.4 is 0 Å². The number of ether oxygens (including phenoxy) is 1. The van der Waals surface area contributed by atoms with Gasteiger partial charge in [-0.25, -0.2) is 4.39 Å². The Morgan fingerprint density at radius 3 is 2.78 bits per heavy atom. The average molecular weight is 320 g/mol. The number of rotatable bonds is 6. The molecule has 0 amide bonds. The molecule has 23 heavy (non-hydrogen) atoms. The van der Waals surface area contributed by atoms with Gasteiger partial charge in [0.2, 0.25) is 0 Å². The lowest BCUT2D eigenvalue weighted by atomic mass is 9.98. The van der Waals surface area contributed by atoms with E-state index in [0.717, 1.165) is 44.8 Å². The fraction of sp³-hybridized carbons (Fsp3) is 0.684. The Balaban J connectivity index is 1.47. The van der Waals surface area contributed by atoms with Crippen LogP contribution in [0.2, 0.25) is 0 Å². The van der Waals surface area contributed by atoms with Crippen molar-refractivity contribution in [2.75, 3.05) is 45.9 Å². The number of hydrogen-bond acceptors (Lipinski definition) is 3. The van der Waals surface area contributed by atoms with Crippen molar-refractivity contribution < 1.29 is 9.13 Å². The minimum Gasteiger partial charge on any atom is -0.379 e. The molecule has 2 heterocycles. The summed E-state index contributed by atoms with van der Waals surface area (Å²) >= 11 is 0. The molecular formula is C19H29FN2O. The van der Waals surface area contributed by atoms with Gasteiger partial charge in [-0.05, 0) is 56.5 Å². The Morgan fingerprint density at radius 2 is 1.96 bits per heavy atom. The van der Waals surface area contributed by atoms with E-state index < -0.39 is 0 Å². The van der Waals surface area contributed by atoms with Crippen molar-refractivity contribution in [1.29, 1.82) is 0 Å². The minimum atomic E-state index is -0.120. The standard InChI is InChI=1S/C19H29FN2O/c20-18-5-3-4-17(16-18)7-11-22-9-2-1-6-19(22)8-10-21-12-14-23-15-13-21/h3-5,16,19H,1-2,6-15H2/t19-/m0/s1. The number of piperidine rings is 1. The van der Waals surface area contributed by atoms with Gasteiger partial charge in [-0.3, -0.25) is 4.90 Å². The number of likely N-dealkylation sites (tertiary alicyclic amines) is 1. The summed E-state index contributed by atoms with van der Waals surface area (Å²) in [6.07, 6.45) is 6.17. The van der Waals surface area contributed by atoms with Gasteiger partial charge in [0, 0.05) is 25.7 Å². The van der Waals surface area contributed by atoms with E-state index in [1.807, 2.05) is 12.1 Å². The molecule has 3 rings (SSSR count). The van der Waals surface area contributed by atoms with E-state index in [4.69, 9.17) is 4.74 Å². The fourth-order valence-electron chi connectivity index (χ4n) is 3.80. The number of benzene rings is 1. The largest absolute Gasteiger partial charge is 0.379 e. The van der Waals surface area contributed by atoms with Crippen LogP contribution in [0, 0.1) is 5.82 Å². The molecule has 1 aromatic carbocycles. The molecule has 0 bridgehead atoms. The Hall–Kier alpha value is -0.970. The summed E-state index contributed by atoms with van der Waals surface area (Å²) < 4.78 is 18.7. The molecule has 2 aliphatic heterocycles. The third-order valence-electron chi connectivity index (χ3n) is 5.21. The fourth-order valence-corrected chi connectivity index (χ4v) is 3.80. The molecule has 1 atom stereocenters. The van der Waals surface area contributed by atoms with Crippen LogP contribution in [-0.4, -0.2) is 61.8 Å². The number of morpholine rings is 1. The van der Waals surface area contributed by atoms with E-state index in [1.54, 1.807) is 6.07 Å². The molecule has 3 nitrogen and oxygen atoms in total. The van der Waals surface area contributed by atoms with E-state index in [2.05, 4.69) is 9.80 Å². The summed E-state index contributed by atoms with van der Waals surface area (Å²) in [6, 6.07) is 7.74. The van der Waals surface area contributed by atoms with Crippen LogP contribution in [0.25, 0.3) is 0 Å². The highest BCUT2D eigenvalue weighted by Crippen LogP contribution is 2.21. The monoisotopic (exact) mass is 320 g/mol. The topological polar surface area (TPSA) is 15.7 Å². The maximum absolute atomic E-state index is 13.3. The molecule has 0 aromatic heterocycles. The Labute approximate surface area is 139 Å². The highest BCUT2D eigenvalue weighted by molar-refractivity contribution is 5.16. The van der Waals surface area contributed by atoms with Crippen molar-refractivity contribution in [3.63, 3.8) is 0 Å². The quantitative estimate of drug-likeness (QED) is 0.801. The molecule has 0 unspecified atom stereocenters. The summed E-state index contributed by atoms with van der Waals surface area (Å²) in [7, 11) is 0. The molecule has 0 aliphatic carbocycles. The van der Waals surface area contributed by atoms with Crippen LogP contribution in [-0.2, 0) is 11.2 Å². The van der Waals surface area contributed by atoms with E-state index in [9.17, 15) is 4.39 Å². The second-order valence-corrected chi connectivity index (χ2v) is 6.81. The summed E-state index contributed by atoms with van der Waals surface area (Å²) in [6.45, 7) is 7.36. The van der Waals surface area contributed by atoms with Crippen LogP contribution in [0.3, 0.4) is 0 Å². The van der Waals surface area contributed by atoms with Crippen LogP contribution in [0.1, 0.15) is 31.2 Å². The number of nitrogens with zero attached hydrogens (tertiary/aromatic N) is 2. The maximum Gasteiger partial charge on any atom is 0.123 e. The lowest BCUT2D eigenvalue weighted by Crippen LogP contribution is -2.44. The number of hydrogen-bond donors (Lipinski definition) is 0. The Morgan fingerprint density at radius 1 is 1.09 bits per heavy atom. The van der Waals surface area contributed by atoms with E-state index in [-0.39, 0.29) is 5.82 Å². The molecule has 128 valence electrons. The summed E-state index contributed by atoms with van der Waals surface area (Å²) in [5, 5.41) is 0. The van der Waals surface area contributed by atoms with Crippen LogP contribution in [0.4, 0.5) is 4.39 Å². The van der Waals surface area contributed by atoms with Crippen molar-refractivity contribution in [3.05, 3.63) is 35.6 Å². The molecule has 2 fully saturated rings. The smallest absolute Gasteiger partial charge is 0.123 e. The minimum absolute atomic E-state index is 0.120. The molecule has 2 saturated heterocycles. The van der Waals surface area contributed by atoms with Crippen molar-refractivity contribution in [3.8, 4) is 0 Å². The Bertz CT molecular complexity index is 476. The molecular weight excluding hydrogens is 291 g/mol. The highest BCUT2D eigenvalue weighted by atomic mass is 19.1. The summed E-state index contributed by atoms with van der Waals surface area (Å²) in [4.78, 5) is 5.16. The maximum atomic E-state index is 13.3. The first-order valence-electron chi connectivity index (χ1n) is 9.10. The zero-order valence-electron chi connectivity index (χ0n) is 14.1. The third kappa shape index (κ3) is 5.27. The lowest BCUT2D eigenvalue weighted by molar-refractivity contribution is 0.0308. The molecule has 1 aromatic rings. The van der Waals surface area contributed by atoms with Gasteiger partial charge < -0.3 is 9.64 Å². The van der Waals surface area contributed by atoms with Gasteiger partial charge in [-0.2, -0.15) is 0 Å². The molecule has 2 aliphatic rings. The predicted molar refractivity (Wildman–Crippen MR) is 91.2 cm³/mol. The van der Waals surface area contributed by atoms with Crippen molar-refractivity contribution in [2.45, 2.75) is 38.1 Å². The molecule has 0 N–H and O–H groups in total. The lowest BCUT2D eigenvalue weighted by Gasteiger charge is -2.37. The van der Waals surface area contributed by atoms with Gasteiger partial charge in [0.15, 0.2) is 0 Å². The predicted octanol–water partition coefficient (Wildman–Crippen LogP) is 2.95. The van der Waals surface area contributed by atoms with Crippen LogP contribution >= 0.6 is 0 Å².